The maximum atomic E-state index is 5.10. The lowest BCUT2D eigenvalue weighted by Crippen LogP contribution is -1.89. The van der Waals surface area contributed by atoms with Crippen LogP contribution < -0.4 is 9.47 Å². The van der Waals surface area contributed by atoms with Crippen LogP contribution in [0.5, 0.6) is 11.5 Å². The highest BCUT2D eigenvalue weighted by Gasteiger charge is 1.99. The molecule has 0 heterocycles. The molecule has 0 bridgehead atoms. The van der Waals surface area contributed by atoms with E-state index in [2.05, 4.69) is 15.9 Å². The van der Waals surface area contributed by atoms with Gasteiger partial charge in [0.15, 0.2) is 0 Å². The Kier molecular flexibility index (Phi) is 6.54. The second kappa shape index (κ2) is 6.51. The number of alkyl halides is 1. The fraction of sp³-hybridized carbons (Fsp3) is 0.333. The molecule has 68 valence electrons. The van der Waals surface area contributed by atoms with Gasteiger partial charge in [-0.2, -0.15) is 0 Å². The predicted molar refractivity (Wildman–Crippen MR) is 57.9 cm³/mol. The van der Waals surface area contributed by atoms with Crippen LogP contribution in [0.4, 0.5) is 0 Å². The highest BCUT2D eigenvalue weighted by Crippen LogP contribution is 2.23. The summed E-state index contributed by atoms with van der Waals surface area (Å²) >= 11 is 3.37. The molecule has 1 aromatic rings. The average molecular weight is 255 g/mol. The number of ether oxygens (including phenoxy) is 2. The monoisotopic (exact) mass is 254 g/mol. The average Bonchev–Trinajstić information content (AvgIpc) is 2.16. The van der Waals surface area contributed by atoms with Crippen LogP contribution in [0.3, 0.4) is 0 Å². The Balaban J connectivity index is 0.00000144. The molecule has 1 rings (SSSR count). The molecule has 0 amide bonds. The van der Waals surface area contributed by atoms with E-state index in [0.29, 0.717) is 0 Å². The van der Waals surface area contributed by atoms with E-state index in [1.165, 1.54) is 0 Å². The molecule has 0 aliphatic carbocycles. The molecule has 13 heavy (non-hydrogen) atoms. The topological polar surface area (TPSA) is 18.5 Å². The predicted octanol–water partition coefficient (Wildman–Crippen LogP) is 2.22. The van der Waals surface area contributed by atoms with E-state index >= 15 is 0 Å². The van der Waals surface area contributed by atoms with E-state index in [0.717, 1.165) is 22.4 Å². The first-order chi connectivity index (χ1) is 5.80. The number of hydrogen-bond donors (Lipinski definition) is 0. The van der Waals surface area contributed by atoms with Gasteiger partial charge in [-0.15, -0.1) is 0 Å². The Morgan fingerprint density at radius 3 is 1.85 bits per heavy atom. The van der Waals surface area contributed by atoms with E-state index in [4.69, 9.17) is 9.47 Å². The maximum Gasteiger partial charge on any atom is 0.122 e. The number of methoxy groups -OCH3 is 2. The molecular formula is C9H11BrMgO2. The molecule has 0 atom stereocenters. The zero-order valence-electron chi connectivity index (χ0n) is 7.84. The standard InChI is InChI=1S/C9H11BrO2.Mg/c1-11-8-3-7(6-10)4-9(5-8)12-2;/h3-5H,6H2,1-2H3;. The van der Waals surface area contributed by atoms with Gasteiger partial charge in [0, 0.05) is 34.4 Å². The van der Waals surface area contributed by atoms with Gasteiger partial charge in [0.1, 0.15) is 11.5 Å². The first-order valence-corrected chi connectivity index (χ1v) is 4.70. The molecule has 0 fully saturated rings. The van der Waals surface area contributed by atoms with Crippen molar-refractivity contribution in [1.29, 1.82) is 0 Å². The Morgan fingerprint density at radius 1 is 1.08 bits per heavy atom. The highest BCUT2D eigenvalue weighted by atomic mass is 79.9. The van der Waals surface area contributed by atoms with E-state index in [1.807, 2.05) is 18.2 Å². The van der Waals surface area contributed by atoms with Crippen LogP contribution >= 0.6 is 15.9 Å². The summed E-state index contributed by atoms with van der Waals surface area (Å²) in [5.41, 5.74) is 1.14. The van der Waals surface area contributed by atoms with Crippen LogP contribution in [0.1, 0.15) is 5.56 Å². The minimum atomic E-state index is 0. The number of rotatable bonds is 3. The minimum absolute atomic E-state index is 0. The van der Waals surface area contributed by atoms with Gasteiger partial charge < -0.3 is 9.47 Å². The number of hydrogen-bond acceptors (Lipinski definition) is 2. The molecular weight excluding hydrogens is 244 g/mol. The van der Waals surface area contributed by atoms with E-state index in [1.54, 1.807) is 14.2 Å². The normalized spacial score (nSPS) is 8.85. The fourth-order valence-electron chi connectivity index (χ4n) is 0.944. The Labute approximate surface area is 103 Å². The molecule has 0 spiro atoms. The highest BCUT2D eigenvalue weighted by molar-refractivity contribution is 9.08. The van der Waals surface area contributed by atoms with E-state index < -0.39 is 0 Å². The molecule has 0 unspecified atom stereocenters. The summed E-state index contributed by atoms with van der Waals surface area (Å²) in [4.78, 5) is 0. The first-order valence-electron chi connectivity index (χ1n) is 3.58. The third-order valence-corrected chi connectivity index (χ3v) is 2.21. The zero-order chi connectivity index (χ0) is 8.97. The van der Waals surface area contributed by atoms with E-state index in [-0.39, 0.29) is 23.1 Å². The van der Waals surface area contributed by atoms with Gasteiger partial charge in [0.2, 0.25) is 0 Å². The zero-order valence-corrected chi connectivity index (χ0v) is 10.8. The SMILES string of the molecule is COc1cc(CBr)cc(OC)c1.[Mg]. The van der Waals surface area contributed by atoms with Crippen molar-refractivity contribution >= 4 is 39.0 Å². The molecule has 0 saturated heterocycles. The van der Waals surface area contributed by atoms with Gasteiger partial charge in [0.25, 0.3) is 0 Å². The third-order valence-electron chi connectivity index (χ3n) is 1.57. The Hall–Kier alpha value is 0.0662. The lowest BCUT2D eigenvalue weighted by molar-refractivity contribution is 0.393. The molecule has 1 aromatic carbocycles. The van der Waals surface area contributed by atoms with Gasteiger partial charge in [-0.1, -0.05) is 15.9 Å². The smallest absolute Gasteiger partial charge is 0.122 e. The summed E-state index contributed by atoms with van der Waals surface area (Å²) in [6.07, 6.45) is 0. The largest absolute Gasteiger partial charge is 0.497 e. The molecule has 0 aliphatic rings. The van der Waals surface area contributed by atoms with Crippen molar-refractivity contribution in [2.75, 3.05) is 14.2 Å². The molecule has 4 heteroatoms. The Bertz CT molecular complexity index is 211. The first kappa shape index (κ1) is 13.1. The van der Waals surface area contributed by atoms with Crippen molar-refractivity contribution in [3.63, 3.8) is 0 Å². The summed E-state index contributed by atoms with van der Waals surface area (Å²) in [6.45, 7) is 0. The van der Waals surface area contributed by atoms with Gasteiger partial charge in [0.05, 0.1) is 14.2 Å². The molecule has 0 aromatic heterocycles. The lowest BCUT2D eigenvalue weighted by Gasteiger charge is -2.05. The summed E-state index contributed by atoms with van der Waals surface area (Å²) < 4.78 is 10.2. The van der Waals surface area contributed by atoms with Crippen molar-refractivity contribution in [3.05, 3.63) is 23.8 Å². The quantitative estimate of drug-likeness (QED) is 0.609. The molecule has 0 N–H and O–H groups in total. The van der Waals surface area contributed by atoms with Crippen LogP contribution in [0.2, 0.25) is 0 Å². The summed E-state index contributed by atoms with van der Waals surface area (Å²) in [7, 11) is 3.29. The van der Waals surface area contributed by atoms with Crippen LogP contribution in [-0.2, 0) is 5.33 Å². The third kappa shape index (κ3) is 3.75. The van der Waals surface area contributed by atoms with E-state index in [9.17, 15) is 0 Å². The van der Waals surface area contributed by atoms with Crippen molar-refractivity contribution in [1.82, 2.24) is 0 Å². The second-order valence-electron chi connectivity index (χ2n) is 2.35. The second-order valence-corrected chi connectivity index (χ2v) is 2.92. The van der Waals surface area contributed by atoms with Crippen LogP contribution in [-0.4, -0.2) is 37.3 Å². The lowest BCUT2D eigenvalue weighted by atomic mass is 10.2. The van der Waals surface area contributed by atoms with Gasteiger partial charge in [-0.05, 0) is 17.7 Å². The molecule has 2 radical (unpaired) electrons. The number of benzene rings is 1. The Morgan fingerprint density at radius 2 is 1.54 bits per heavy atom. The van der Waals surface area contributed by atoms with Crippen molar-refractivity contribution in [2.45, 2.75) is 5.33 Å². The number of halogens is 1. The van der Waals surface area contributed by atoms with Crippen LogP contribution in [0.15, 0.2) is 18.2 Å². The van der Waals surface area contributed by atoms with Gasteiger partial charge in [-0.25, -0.2) is 0 Å². The van der Waals surface area contributed by atoms with Gasteiger partial charge in [-0.3, -0.25) is 0 Å². The molecule has 0 saturated carbocycles. The van der Waals surface area contributed by atoms with Gasteiger partial charge >= 0.3 is 0 Å². The fourth-order valence-corrected chi connectivity index (χ4v) is 1.27. The summed E-state index contributed by atoms with van der Waals surface area (Å²) in [6, 6.07) is 5.79. The van der Waals surface area contributed by atoms with Crippen molar-refractivity contribution in [3.8, 4) is 11.5 Å². The minimum Gasteiger partial charge on any atom is -0.497 e. The summed E-state index contributed by atoms with van der Waals surface area (Å²) in [5.74, 6) is 1.65. The maximum absolute atomic E-state index is 5.10. The van der Waals surface area contributed by atoms with Crippen molar-refractivity contribution in [2.24, 2.45) is 0 Å². The molecule has 2 nitrogen and oxygen atoms in total. The van der Waals surface area contributed by atoms with Crippen LogP contribution in [0, 0.1) is 0 Å². The van der Waals surface area contributed by atoms with Crippen molar-refractivity contribution < 1.29 is 9.47 Å². The van der Waals surface area contributed by atoms with Crippen LogP contribution in [0.25, 0.3) is 0 Å². The molecule has 0 aliphatic heterocycles. The summed E-state index contributed by atoms with van der Waals surface area (Å²) in [5, 5.41) is 0.806.